The van der Waals surface area contributed by atoms with E-state index in [1.165, 1.54) is 0 Å². The first kappa shape index (κ1) is 13.8. The van der Waals surface area contributed by atoms with Crippen molar-refractivity contribution in [2.75, 3.05) is 5.88 Å². The number of aromatic carboxylic acids is 1. The standard InChI is InChI=1S/C10H9ClF2O4/c11-3-8(14)9(15)4-1-7(13)5(10(16)17)2-6(4)12/h1-2,8-9,14-15H,3H2,(H,16,17). The van der Waals surface area contributed by atoms with Crippen LogP contribution in [-0.2, 0) is 0 Å². The van der Waals surface area contributed by atoms with Gasteiger partial charge in [-0.3, -0.25) is 0 Å². The third-order valence-electron chi connectivity index (χ3n) is 2.16. The maximum Gasteiger partial charge on any atom is 0.338 e. The third kappa shape index (κ3) is 2.91. The number of carboxylic acids is 1. The molecule has 0 heterocycles. The number of hydrogen-bond acceptors (Lipinski definition) is 3. The van der Waals surface area contributed by atoms with Crippen LogP contribution in [0, 0.1) is 11.6 Å². The molecule has 4 nitrogen and oxygen atoms in total. The van der Waals surface area contributed by atoms with Gasteiger partial charge in [-0.2, -0.15) is 0 Å². The molecular weight excluding hydrogens is 258 g/mol. The SMILES string of the molecule is O=C(O)c1cc(F)c(C(O)C(O)CCl)cc1F. The summed E-state index contributed by atoms with van der Waals surface area (Å²) in [6.07, 6.45) is -3.19. The van der Waals surface area contributed by atoms with Gasteiger partial charge in [-0.05, 0) is 12.1 Å². The maximum atomic E-state index is 13.4. The highest BCUT2D eigenvalue weighted by Gasteiger charge is 2.24. The monoisotopic (exact) mass is 266 g/mol. The van der Waals surface area contributed by atoms with Crippen molar-refractivity contribution in [1.29, 1.82) is 0 Å². The van der Waals surface area contributed by atoms with E-state index in [1.807, 2.05) is 0 Å². The van der Waals surface area contributed by atoms with E-state index >= 15 is 0 Å². The fourth-order valence-electron chi connectivity index (χ4n) is 1.24. The van der Waals surface area contributed by atoms with Gasteiger partial charge in [-0.15, -0.1) is 11.6 Å². The smallest absolute Gasteiger partial charge is 0.338 e. The first-order valence-electron chi connectivity index (χ1n) is 4.52. The lowest BCUT2D eigenvalue weighted by atomic mass is 10.0. The quantitative estimate of drug-likeness (QED) is 0.718. The van der Waals surface area contributed by atoms with E-state index in [1.54, 1.807) is 0 Å². The molecule has 94 valence electrons. The Kier molecular flexibility index (Phi) is 4.39. The first-order valence-corrected chi connectivity index (χ1v) is 5.06. The van der Waals surface area contributed by atoms with Crippen LogP contribution in [0.1, 0.15) is 22.0 Å². The molecule has 0 aliphatic carbocycles. The van der Waals surface area contributed by atoms with Gasteiger partial charge in [0.1, 0.15) is 17.7 Å². The lowest BCUT2D eigenvalue weighted by molar-refractivity contribution is 0.0302. The summed E-state index contributed by atoms with van der Waals surface area (Å²) >= 11 is 5.25. The number of hydrogen-bond donors (Lipinski definition) is 3. The number of carbonyl (C=O) groups is 1. The van der Waals surface area contributed by atoms with Crippen molar-refractivity contribution in [2.24, 2.45) is 0 Å². The van der Waals surface area contributed by atoms with Gasteiger partial charge in [0, 0.05) is 5.56 Å². The second kappa shape index (κ2) is 5.39. The lowest BCUT2D eigenvalue weighted by Crippen LogP contribution is -2.21. The lowest BCUT2D eigenvalue weighted by Gasteiger charge is -2.16. The van der Waals surface area contributed by atoms with E-state index in [9.17, 15) is 23.8 Å². The van der Waals surface area contributed by atoms with Gasteiger partial charge < -0.3 is 15.3 Å². The molecule has 1 aromatic carbocycles. The van der Waals surface area contributed by atoms with Crippen LogP contribution in [0.25, 0.3) is 0 Å². The topological polar surface area (TPSA) is 77.8 Å². The minimum absolute atomic E-state index is 0.372. The molecule has 0 spiro atoms. The maximum absolute atomic E-state index is 13.4. The summed E-state index contributed by atoms with van der Waals surface area (Å²) < 4.78 is 26.6. The van der Waals surface area contributed by atoms with Gasteiger partial charge in [0.15, 0.2) is 0 Å². The van der Waals surface area contributed by atoms with Gasteiger partial charge in [0.05, 0.1) is 17.5 Å². The predicted octanol–water partition coefficient (Wildman–Crippen LogP) is 1.30. The van der Waals surface area contributed by atoms with Gasteiger partial charge in [-0.1, -0.05) is 0 Å². The molecule has 0 bridgehead atoms. The molecule has 0 saturated heterocycles. The number of alkyl halides is 1. The number of aliphatic hydroxyl groups is 2. The molecular formula is C10H9ClF2O4. The fraction of sp³-hybridized carbons (Fsp3) is 0.300. The van der Waals surface area contributed by atoms with Crippen molar-refractivity contribution in [2.45, 2.75) is 12.2 Å². The highest BCUT2D eigenvalue weighted by molar-refractivity contribution is 6.18. The Morgan fingerprint density at radius 2 is 1.88 bits per heavy atom. The third-order valence-corrected chi connectivity index (χ3v) is 2.47. The van der Waals surface area contributed by atoms with Crippen LogP contribution in [-0.4, -0.2) is 33.3 Å². The Bertz CT molecular complexity index is 439. The largest absolute Gasteiger partial charge is 0.478 e. The van der Waals surface area contributed by atoms with E-state index in [-0.39, 0.29) is 5.88 Å². The zero-order valence-corrected chi connectivity index (χ0v) is 9.16. The van der Waals surface area contributed by atoms with E-state index in [4.69, 9.17) is 16.7 Å². The van der Waals surface area contributed by atoms with Gasteiger partial charge in [0.25, 0.3) is 0 Å². The number of rotatable bonds is 4. The molecule has 0 aliphatic rings. The van der Waals surface area contributed by atoms with Crippen molar-refractivity contribution in [3.8, 4) is 0 Å². The molecule has 2 atom stereocenters. The first-order chi connectivity index (χ1) is 7.88. The molecule has 0 aromatic heterocycles. The summed E-state index contributed by atoms with van der Waals surface area (Å²) in [4.78, 5) is 10.5. The van der Waals surface area contributed by atoms with Gasteiger partial charge >= 0.3 is 5.97 Å². The van der Waals surface area contributed by atoms with Crippen LogP contribution in [0.2, 0.25) is 0 Å². The summed E-state index contributed by atoms with van der Waals surface area (Å²) in [5.41, 5.74) is -1.39. The predicted molar refractivity (Wildman–Crippen MR) is 55.0 cm³/mol. The van der Waals surface area contributed by atoms with Gasteiger partial charge in [0.2, 0.25) is 0 Å². The van der Waals surface area contributed by atoms with Crippen LogP contribution >= 0.6 is 11.6 Å². The van der Waals surface area contributed by atoms with Gasteiger partial charge in [-0.25, -0.2) is 13.6 Å². The van der Waals surface area contributed by atoms with Crippen LogP contribution < -0.4 is 0 Å². The van der Waals surface area contributed by atoms with Crippen LogP contribution in [0.15, 0.2) is 12.1 Å². The molecule has 3 N–H and O–H groups in total. The number of aliphatic hydroxyl groups excluding tert-OH is 2. The molecule has 0 amide bonds. The number of benzene rings is 1. The van der Waals surface area contributed by atoms with E-state index in [0.29, 0.717) is 12.1 Å². The molecule has 0 saturated carbocycles. The molecule has 1 aromatic rings. The summed E-state index contributed by atoms with van der Waals surface area (Å²) in [6, 6.07) is 0.969. The average Bonchev–Trinajstić information content (AvgIpc) is 2.29. The molecule has 0 aliphatic heterocycles. The molecule has 7 heteroatoms. The normalized spacial score (nSPS) is 14.4. The van der Waals surface area contributed by atoms with Crippen LogP contribution in [0.5, 0.6) is 0 Å². The fourth-order valence-corrected chi connectivity index (χ4v) is 1.41. The zero-order valence-electron chi connectivity index (χ0n) is 8.40. The summed E-state index contributed by atoms with van der Waals surface area (Å²) in [5.74, 6) is -4.32. The molecule has 0 fully saturated rings. The summed E-state index contributed by atoms with van der Waals surface area (Å²) in [7, 11) is 0. The number of halogens is 3. The minimum Gasteiger partial charge on any atom is -0.478 e. The minimum atomic E-state index is -1.72. The second-order valence-corrected chi connectivity index (χ2v) is 3.63. The summed E-state index contributed by atoms with van der Waals surface area (Å²) in [6.45, 7) is 0. The van der Waals surface area contributed by atoms with E-state index < -0.39 is 40.9 Å². The average molecular weight is 267 g/mol. The van der Waals surface area contributed by atoms with Crippen LogP contribution in [0.3, 0.4) is 0 Å². The molecule has 17 heavy (non-hydrogen) atoms. The van der Waals surface area contributed by atoms with Crippen molar-refractivity contribution in [3.05, 3.63) is 34.9 Å². The molecule has 0 radical (unpaired) electrons. The van der Waals surface area contributed by atoms with Crippen LogP contribution in [0.4, 0.5) is 8.78 Å². The number of carboxylic acid groups (broad SMARTS) is 1. The Balaban J connectivity index is 3.20. The van der Waals surface area contributed by atoms with Crippen molar-refractivity contribution >= 4 is 17.6 Å². The Morgan fingerprint density at radius 1 is 1.29 bits per heavy atom. The second-order valence-electron chi connectivity index (χ2n) is 3.33. The Morgan fingerprint density at radius 3 is 2.35 bits per heavy atom. The van der Waals surface area contributed by atoms with Crippen molar-refractivity contribution in [3.63, 3.8) is 0 Å². The molecule has 2 unspecified atom stereocenters. The van der Waals surface area contributed by atoms with E-state index in [0.717, 1.165) is 0 Å². The van der Waals surface area contributed by atoms with Crippen molar-refractivity contribution < 1.29 is 28.9 Å². The Hall–Kier alpha value is -1.24. The Labute approximate surface area is 100 Å². The molecule has 1 rings (SSSR count). The summed E-state index contributed by atoms with van der Waals surface area (Å²) in [5, 5.41) is 27.2. The highest BCUT2D eigenvalue weighted by Crippen LogP contribution is 2.24. The van der Waals surface area contributed by atoms with E-state index in [2.05, 4.69) is 0 Å². The highest BCUT2D eigenvalue weighted by atomic mass is 35.5. The zero-order chi connectivity index (χ0) is 13.2. The van der Waals surface area contributed by atoms with Crippen molar-refractivity contribution in [1.82, 2.24) is 0 Å².